The fourth-order valence-corrected chi connectivity index (χ4v) is 1.47. The predicted octanol–water partition coefficient (Wildman–Crippen LogP) is 2.31. The molecule has 0 saturated heterocycles. The van der Waals surface area contributed by atoms with Crippen LogP contribution in [0.3, 0.4) is 0 Å². The molecule has 0 aliphatic rings. The van der Waals surface area contributed by atoms with E-state index >= 15 is 0 Å². The third kappa shape index (κ3) is 2.68. The third-order valence-electron chi connectivity index (χ3n) is 2.18. The molecule has 0 amide bonds. The third-order valence-corrected chi connectivity index (χ3v) is 2.49. The summed E-state index contributed by atoms with van der Waals surface area (Å²) in [7, 11) is 0. The number of aromatic nitrogens is 3. The molecule has 6 heteroatoms. The van der Waals surface area contributed by atoms with E-state index in [9.17, 15) is 4.79 Å². The first kappa shape index (κ1) is 11.7. The van der Waals surface area contributed by atoms with Crippen molar-refractivity contribution in [2.75, 3.05) is 0 Å². The van der Waals surface area contributed by atoms with Crippen LogP contribution in [0, 0.1) is 0 Å². The molecule has 5 nitrogen and oxygen atoms in total. The van der Waals surface area contributed by atoms with Gasteiger partial charge in [0.1, 0.15) is 11.5 Å². The summed E-state index contributed by atoms with van der Waals surface area (Å²) in [5.74, 6) is 0.635. The van der Waals surface area contributed by atoms with Gasteiger partial charge in [0, 0.05) is 12.6 Å². The molecule has 2 rings (SSSR count). The van der Waals surface area contributed by atoms with E-state index in [1.54, 1.807) is 25.3 Å². The lowest BCUT2D eigenvalue weighted by Crippen LogP contribution is -2.00. The molecule has 2 aromatic heterocycles. The van der Waals surface area contributed by atoms with Gasteiger partial charge in [-0.25, -0.2) is 0 Å². The van der Waals surface area contributed by atoms with E-state index in [1.165, 1.54) is 0 Å². The van der Waals surface area contributed by atoms with Gasteiger partial charge in [-0.3, -0.25) is 9.78 Å². The summed E-state index contributed by atoms with van der Waals surface area (Å²) in [5, 5.41) is 4.20. The van der Waals surface area contributed by atoms with Gasteiger partial charge in [-0.2, -0.15) is 4.98 Å². The molecular weight excluding hydrogens is 242 g/mol. The highest BCUT2D eigenvalue weighted by Crippen LogP contribution is 2.22. The second kappa shape index (κ2) is 5.05. The fraction of sp³-hybridized carbons (Fsp3) is 0.273. The van der Waals surface area contributed by atoms with Crippen LogP contribution in [0.5, 0.6) is 0 Å². The van der Waals surface area contributed by atoms with Crippen molar-refractivity contribution in [2.45, 2.75) is 19.8 Å². The molecule has 0 fully saturated rings. The smallest absolute Gasteiger partial charge is 0.234 e. The Kier molecular flexibility index (Phi) is 3.49. The Morgan fingerprint density at radius 1 is 1.53 bits per heavy atom. The lowest BCUT2D eigenvalue weighted by atomic mass is 10.2. The molecule has 0 radical (unpaired) electrons. The standard InChI is InChI=1S/C11H10ClN3O2/c1-2-7(16)6-9-14-11(15-17-9)10-8(12)4-3-5-13-10/h3-5H,2,6H2,1H3. The van der Waals surface area contributed by atoms with Gasteiger partial charge in [0.05, 0.1) is 11.4 Å². The van der Waals surface area contributed by atoms with Gasteiger partial charge in [0.25, 0.3) is 0 Å². The zero-order valence-corrected chi connectivity index (χ0v) is 9.94. The van der Waals surface area contributed by atoms with Gasteiger partial charge < -0.3 is 4.52 Å². The molecule has 88 valence electrons. The maximum atomic E-state index is 11.2. The highest BCUT2D eigenvalue weighted by atomic mass is 35.5. The number of halogens is 1. The Bertz CT molecular complexity index is 539. The second-order valence-corrected chi connectivity index (χ2v) is 3.82. The maximum Gasteiger partial charge on any atom is 0.234 e. The average molecular weight is 252 g/mol. The lowest BCUT2D eigenvalue weighted by molar-refractivity contribution is -0.118. The Morgan fingerprint density at radius 3 is 3.06 bits per heavy atom. The number of nitrogens with zero attached hydrogens (tertiary/aromatic N) is 3. The molecule has 0 saturated carbocycles. The Morgan fingerprint density at radius 2 is 2.35 bits per heavy atom. The van der Waals surface area contributed by atoms with Crippen LogP contribution in [0.25, 0.3) is 11.5 Å². The molecule has 0 aliphatic heterocycles. The average Bonchev–Trinajstić information content (AvgIpc) is 2.78. The Hall–Kier alpha value is -1.75. The molecule has 0 bridgehead atoms. The number of carbonyl (C=O) groups excluding carboxylic acids is 1. The van der Waals surface area contributed by atoms with Gasteiger partial charge in [-0.05, 0) is 12.1 Å². The van der Waals surface area contributed by atoms with Crippen molar-refractivity contribution in [3.05, 3.63) is 29.2 Å². The minimum absolute atomic E-state index is 0.0484. The van der Waals surface area contributed by atoms with Crippen molar-refractivity contribution in [3.8, 4) is 11.5 Å². The van der Waals surface area contributed by atoms with E-state index in [0.29, 0.717) is 23.0 Å². The van der Waals surface area contributed by atoms with Crippen LogP contribution in [-0.4, -0.2) is 20.9 Å². The SMILES string of the molecule is CCC(=O)Cc1nc(-c2ncccc2Cl)no1. The molecular formula is C11H10ClN3O2. The normalized spacial score (nSPS) is 10.5. The van der Waals surface area contributed by atoms with Crippen LogP contribution in [0.4, 0.5) is 0 Å². The van der Waals surface area contributed by atoms with Gasteiger partial charge in [-0.1, -0.05) is 23.7 Å². The van der Waals surface area contributed by atoms with E-state index in [1.807, 2.05) is 0 Å². The molecule has 2 heterocycles. The topological polar surface area (TPSA) is 68.9 Å². The fourth-order valence-electron chi connectivity index (χ4n) is 1.27. The number of carbonyl (C=O) groups is 1. The summed E-state index contributed by atoms with van der Waals surface area (Å²) in [6.45, 7) is 1.79. The predicted molar refractivity (Wildman–Crippen MR) is 61.5 cm³/mol. The van der Waals surface area contributed by atoms with Gasteiger partial charge >= 0.3 is 0 Å². The van der Waals surface area contributed by atoms with Crippen molar-refractivity contribution in [1.82, 2.24) is 15.1 Å². The quantitative estimate of drug-likeness (QED) is 0.834. The molecule has 2 aromatic rings. The van der Waals surface area contributed by atoms with Crippen LogP contribution in [0.1, 0.15) is 19.2 Å². The Labute approximate surface area is 103 Å². The van der Waals surface area contributed by atoms with Crippen molar-refractivity contribution in [2.24, 2.45) is 0 Å². The van der Waals surface area contributed by atoms with Crippen LogP contribution in [-0.2, 0) is 11.2 Å². The first-order chi connectivity index (χ1) is 8.20. The number of hydrogen-bond donors (Lipinski definition) is 0. The molecule has 0 unspecified atom stereocenters. The van der Waals surface area contributed by atoms with Crippen LogP contribution in [0.2, 0.25) is 5.02 Å². The monoisotopic (exact) mass is 251 g/mol. The van der Waals surface area contributed by atoms with Gasteiger partial charge in [0.15, 0.2) is 0 Å². The van der Waals surface area contributed by atoms with E-state index < -0.39 is 0 Å². The van der Waals surface area contributed by atoms with Crippen LogP contribution >= 0.6 is 11.6 Å². The highest BCUT2D eigenvalue weighted by Gasteiger charge is 2.14. The summed E-state index contributed by atoms with van der Waals surface area (Å²) in [6.07, 6.45) is 2.18. The van der Waals surface area contributed by atoms with Crippen molar-refractivity contribution >= 4 is 17.4 Å². The second-order valence-electron chi connectivity index (χ2n) is 3.41. The van der Waals surface area contributed by atoms with Crippen molar-refractivity contribution < 1.29 is 9.32 Å². The first-order valence-electron chi connectivity index (χ1n) is 5.16. The first-order valence-corrected chi connectivity index (χ1v) is 5.53. The van der Waals surface area contributed by atoms with E-state index in [2.05, 4.69) is 15.1 Å². The number of pyridine rings is 1. The summed E-state index contributed by atoms with van der Waals surface area (Å²) in [4.78, 5) is 19.4. The summed E-state index contributed by atoms with van der Waals surface area (Å²) < 4.78 is 4.97. The lowest BCUT2D eigenvalue weighted by Gasteiger charge is -1.94. The zero-order valence-electron chi connectivity index (χ0n) is 9.18. The molecule has 0 spiro atoms. The number of ketones is 1. The summed E-state index contributed by atoms with van der Waals surface area (Å²) in [6, 6.07) is 3.41. The molecule has 0 N–H and O–H groups in total. The van der Waals surface area contributed by atoms with Crippen molar-refractivity contribution in [3.63, 3.8) is 0 Å². The minimum atomic E-state index is 0.0484. The Balaban J connectivity index is 2.24. The van der Waals surface area contributed by atoms with Gasteiger partial charge in [-0.15, -0.1) is 0 Å². The highest BCUT2D eigenvalue weighted by molar-refractivity contribution is 6.32. The molecule has 17 heavy (non-hydrogen) atoms. The molecule has 0 atom stereocenters. The number of hydrogen-bond acceptors (Lipinski definition) is 5. The van der Waals surface area contributed by atoms with Crippen molar-refractivity contribution in [1.29, 1.82) is 0 Å². The number of Topliss-reactive ketones (excluding diaryl/α,β-unsaturated/α-hetero) is 1. The van der Waals surface area contributed by atoms with Gasteiger partial charge in [0.2, 0.25) is 11.7 Å². The largest absolute Gasteiger partial charge is 0.338 e. The minimum Gasteiger partial charge on any atom is -0.338 e. The van der Waals surface area contributed by atoms with Crippen LogP contribution in [0.15, 0.2) is 22.9 Å². The van der Waals surface area contributed by atoms with E-state index in [0.717, 1.165) is 0 Å². The maximum absolute atomic E-state index is 11.2. The van der Waals surface area contributed by atoms with E-state index in [-0.39, 0.29) is 18.1 Å². The van der Waals surface area contributed by atoms with Crippen LogP contribution < -0.4 is 0 Å². The zero-order chi connectivity index (χ0) is 12.3. The summed E-state index contributed by atoms with van der Waals surface area (Å²) in [5.41, 5.74) is 0.452. The van der Waals surface area contributed by atoms with E-state index in [4.69, 9.17) is 16.1 Å². The molecule has 0 aromatic carbocycles. The summed E-state index contributed by atoms with van der Waals surface area (Å²) >= 11 is 5.95. The number of rotatable bonds is 4. The molecule has 0 aliphatic carbocycles.